The Labute approximate surface area is 185 Å². The van der Waals surface area contributed by atoms with E-state index >= 15 is 0 Å². The zero-order valence-electron chi connectivity index (χ0n) is 19.4. The number of rotatable bonds is 10. The van der Waals surface area contributed by atoms with Gasteiger partial charge >= 0.3 is 0 Å². The highest BCUT2D eigenvalue weighted by atomic mass is 16.5. The van der Waals surface area contributed by atoms with Crippen LogP contribution in [0, 0.1) is 0 Å². The number of methoxy groups -OCH3 is 1. The van der Waals surface area contributed by atoms with Gasteiger partial charge in [-0.3, -0.25) is 14.9 Å². The first-order chi connectivity index (χ1) is 14.6. The van der Waals surface area contributed by atoms with Crippen molar-refractivity contribution in [3.63, 3.8) is 0 Å². The zero-order valence-corrected chi connectivity index (χ0v) is 19.4. The second-order valence-corrected chi connectivity index (χ2v) is 8.69. The highest BCUT2D eigenvalue weighted by Gasteiger charge is 2.39. The maximum absolute atomic E-state index is 12.5. The lowest BCUT2D eigenvalue weighted by Crippen LogP contribution is -2.47. The van der Waals surface area contributed by atoms with Crippen LogP contribution in [0.2, 0.25) is 0 Å². The highest BCUT2D eigenvalue weighted by Crippen LogP contribution is 2.30. The molecule has 0 saturated carbocycles. The number of hydrogen-bond donors (Lipinski definition) is 3. The summed E-state index contributed by atoms with van der Waals surface area (Å²) in [6, 6.07) is 5.54. The topological polar surface area (TPSA) is 88.7 Å². The lowest BCUT2D eigenvalue weighted by molar-refractivity contribution is -0.123. The Balaban J connectivity index is 1.71. The van der Waals surface area contributed by atoms with Crippen LogP contribution in [-0.4, -0.2) is 49.7 Å². The minimum atomic E-state index is -0.370. The predicted octanol–water partition coefficient (Wildman–Crippen LogP) is 2.82. The number of ether oxygens (including phenoxy) is 2. The van der Waals surface area contributed by atoms with Crippen molar-refractivity contribution in [3.8, 4) is 11.5 Å². The van der Waals surface area contributed by atoms with Gasteiger partial charge < -0.3 is 20.1 Å². The number of carbonyl (C=O) groups excluding carboxylic acids is 2. The molecule has 0 aliphatic carbocycles. The molecule has 3 N–H and O–H groups in total. The summed E-state index contributed by atoms with van der Waals surface area (Å²) in [7, 11) is 1.57. The van der Waals surface area contributed by atoms with Crippen LogP contribution < -0.4 is 25.4 Å². The molecule has 1 aromatic carbocycles. The fourth-order valence-electron chi connectivity index (χ4n) is 3.71. The van der Waals surface area contributed by atoms with Crippen LogP contribution in [0.5, 0.6) is 11.5 Å². The molecule has 0 unspecified atom stereocenters. The monoisotopic (exact) mass is 429 g/mol. The molecule has 2 rings (SSSR count). The molecule has 2 amide bonds. The standard InChI is InChI=1S/C24H35N3O4/c1-7-9-17-10-11-19(20(14-17)30-6)31-16-21(28)25-12-8-13-26-22(29)18-15-23(2,3)27-24(18,4)5/h7,9-11,14-15,27H,8,12-13,16H2,1-6H3,(H,25,28)(H,26,29)/b9-7+. The first-order valence-electron chi connectivity index (χ1n) is 10.6. The third-order valence-corrected chi connectivity index (χ3v) is 4.92. The van der Waals surface area contributed by atoms with Crippen molar-refractivity contribution in [1.29, 1.82) is 0 Å². The van der Waals surface area contributed by atoms with Gasteiger partial charge in [0.15, 0.2) is 18.1 Å². The summed E-state index contributed by atoms with van der Waals surface area (Å²) in [5.41, 5.74) is 1.16. The number of carbonyl (C=O) groups is 2. The minimum absolute atomic E-state index is 0.0776. The van der Waals surface area contributed by atoms with Gasteiger partial charge in [-0.1, -0.05) is 24.3 Å². The number of allylic oxidation sites excluding steroid dienone is 1. The predicted molar refractivity (Wildman–Crippen MR) is 123 cm³/mol. The fourth-order valence-corrected chi connectivity index (χ4v) is 3.71. The number of hydrogen-bond acceptors (Lipinski definition) is 5. The summed E-state index contributed by atoms with van der Waals surface area (Å²) < 4.78 is 10.9. The van der Waals surface area contributed by atoms with E-state index < -0.39 is 0 Å². The lowest BCUT2D eigenvalue weighted by Gasteiger charge is -2.27. The molecule has 1 aliphatic rings. The van der Waals surface area contributed by atoms with Gasteiger partial charge in [-0.2, -0.15) is 0 Å². The molecule has 0 bridgehead atoms. The molecule has 1 aliphatic heterocycles. The quantitative estimate of drug-likeness (QED) is 0.498. The van der Waals surface area contributed by atoms with Crippen molar-refractivity contribution in [2.24, 2.45) is 0 Å². The Morgan fingerprint density at radius 2 is 1.81 bits per heavy atom. The summed E-state index contributed by atoms with van der Waals surface area (Å²) in [5.74, 6) is 0.790. The summed E-state index contributed by atoms with van der Waals surface area (Å²) in [4.78, 5) is 24.5. The van der Waals surface area contributed by atoms with Gasteiger partial charge in [-0.05, 0) is 58.7 Å². The van der Waals surface area contributed by atoms with Crippen LogP contribution in [0.25, 0.3) is 6.08 Å². The Hall–Kier alpha value is -2.80. The van der Waals surface area contributed by atoms with E-state index in [2.05, 4.69) is 16.0 Å². The van der Waals surface area contributed by atoms with E-state index in [1.165, 1.54) is 0 Å². The smallest absolute Gasteiger partial charge is 0.257 e. The van der Waals surface area contributed by atoms with Crippen LogP contribution in [0.4, 0.5) is 0 Å². The second kappa shape index (κ2) is 10.5. The van der Waals surface area contributed by atoms with Crippen molar-refractivity contribution in [3.05, 3.63) is 41.5 Å². The lowest BCUT2D eigenvalue weighted by atomic mass is 9.96. The van der Waals surface area contributed by atoms with E-state index in [1.807, 2.05) is 65.0 Å². The molecule has 0 aromatic heterocycles. The van der Waals surface area contributed by atoms with E-state index in [0.29, 0.717) is 31.0 Å². The fraction of sp³-hybridized carbons (Fsp3) is 0.500. The normalized spacial score (nSPS) is 16.6. The molecule has 1 heterocycles. The molecule has 0 atom stereocenters. The van der Waals surface area contributed by atoms with Crippen molar-refractivity contribution < 1.29 is 19.1 Å². The van der Waals surface area contributed by atoms with Gasteiger partial charge in [-0.25, -0.2) is 0 Å². The third kappa shape index (κ3) is 7.14. The highest BCUT2D eigenvalue weighted by molar-refractivity contribution is 5.96. The molecule has 0 radical (unpaired) electrons. The average Bonchev–Trinajstić information content (AvgIpc) is 2.93. The first-order valence-corrected chi connectivity index (χ1v) is 10.6. The van der Waals surface area contributed by atoms with Gasteiger partial charge in [0.2, 0.25) is 5.91 Å². The van der Waals surface area contributed by atoms with E-state index in [-0.39, 0.29) is 29.5 Å². The molecule has 0 saturated heterocycles. The molecular weight excluding hydrogens is 394 g/mol. The molecule has 7 nitrogen and oxygen atoms in total. The number of benzene rings is 1. The molecule has 1 aromatic rings. The Morgan fingerprint density at radius 1 is 1.10 bits per heavy atom. The average molecular weight is 430 g/mol. The maximum Gasteiger partial charge on any atom is 0.257 e. The van der Waals surface area contributed by atoms with Crippen LogP contribution in [0.3, 0.4) is 0 Å². The Morgan fingerprint density at radius 3 is 2.42 bits per heavy atom. The summed E-state index contributed by atoms with van der Waals surface area (Å²) >= 11 is 0. The molecule has 170 valence electrons. The van der Waals surface area contributed by atoms with Crippen molar-refractivity contribution in [1.82, 2.24) is 16.0 Å². The third-order valence-electron chi connectivity index (χ3n) is 4.92. The maximum atomic E-state index is 12.5. The van der Waals surface area contributed by atoms with Crippen LogP contribution in [-0.2, 0) is 9.59 Å². The number of amides is 2. The molecule has 0 fully saturated rings. The van der Waals surface area contributed by atoms with Gasteiger partial charge in [0.1, 0.15) is 0 Å². The first kappa shape index (κ1) is 24.5. The SMILES string of the molecule is C/C=C/c1ccc(OCC(=O)NCCCNC(=O)C2=CC(C)(C)NC2(C)C)c(OC)c1. The zero-order chi connectivity index (χ0) is 23.1. The van der Waals surface area contributed by atoms with Crippen molar-refractivity contribution in [2.45, 2.75) is 52.1 Å². The van der Waals surface area contributed by atoms with Crippen LogP contribution in [0.1, 0.15) is 46.6 Å². The van der Waals surface area contributed by atoms with Crippen LogP contribution in [0.15, 0.2) is 35.9 Å². The molecular formula is C24H35N3O4. The molecule has 7 heteroatoms. The van der Waals surface area contributed by atoms with Crippen molar-refractivity contribution >= 4 is 17.9 Å². The van der Waals surface area contributed by atoms with Crippen LogP contribution >= 0.6 is 0 Å². The Bertz CT molecular complexity index is 856. The number of nitrogens with one attached hydrogen (secondary N) is 3. The van der Waals surface area contributed by atoms with E-state index in [9.17, 15) is 9.59 Å². The minimum Gasteiger partial charge on any atom is -0.493 e. The van der Waals surface area contributed by atoms with E-state index in [4.69, 9.17) is 9.47 Å². The van der Waals surface area contributed by atoms with Gasteiger partial charge in [0.25, 0.3) is 5.91 Å². The second-order valence-electron chi connectivity index (χ2n) is 8.69. The largest absolute Gasteiger partial charge is 0.493 e. The van der Waals surface area contributed by atoms with E-state index in [1.54, 1.807) is 13.2 Å². The Kier molecular flexibility index (Phi) is 8.28. The summed E-state index contributed by atoms with van der Waals surface area (Å²) in [6.07, 6.45) is 6.50. The van der Waals surface area contributed by atoms with Gasteiger partial charge in [0.05, 0.1) is 7.11 Å². The van der Waals surface area contributed by atoms with E-state index in [0.717, 1.165) is 11.1 Å². The van der Waals surface area contributed by atoms with Gasteiger partial charge in [-0.15, -0.1) is 0 Å². The van der Waals surface area contributed by atoms with Gasteiger partial charge in [0, 0.05) is 29.7 Å². The molecule has 31 heavy (non-hydrogen) atoms. The summed E-state index contributed by atoms with van der Waals surface area (Å²) in [5, 5.41) is 9.15. The summed E-state index contributed by atoms with van der Waals surface area (Å²) in [6.45, 7) is 10.8. The molecule has 0 spiro atoms. The van der Waals surface area contributed by atoms with Crippen molar-refractivity contribution in [2.75, 3.05) is 26.8 Å².